The third-order valence-electron chi connectivity index (χ3n) is 3.68. The number of thiophene rings is 1. The smallest absolute Gasteiger partial charge is 0.0590 e. The molecule has 102 valence electrons. The van der Waals surface area contributed by atoms with E-state index in [0.29, 0.717) is 12.0 Å². The Kier molecular flexibility index (Phi) is 5.18. The number of methoxy groups -OCH3 is 1. The molecule has 1 saturated heterocycles. The Morgan fingerprint density at radius 2 is 2.44 bits per heavy atom. The molecule has 3 atom stereocenters. The standard InChI is InChI=1S/C14H24N2OS/c1-11(15)14(13-6-4-8-18-13)16-7-3-5-12(9-16)10-17-2/h4,6,8,11-12,14H,3,5,7,9-10,15H2,1-2H3. The van der Waals surface area contributed by atoms with Crippen LogP contribution in [0, 0.1) is 5.92 Å². The maximum absolute atomic E-state index is 6.21. The van der Waals surface area contributed by atoms with Crippen molar-refractivity contribution in [3.63, 3.8) is 0 Å². The van der Waals surface area contributed by atoms with Crippen molar-refractivity contribution in [3.05, 3.63) is 22.4 Å². The van der Waals surface area contributed by atoms with Crippen molar-refractivity contribution >= 4 is 11.3 Å². The highest BCUT2D eigenvalue weighted by Crippen LogP contribution is 2.31. The number of nitrogens with two attached hydrogens (primary N) is 1. The topological polar surface area (TPSA) is 38.5 Å². The number of piperidine rings is 1. The van der Waals surface area contributed by atoms with E-state index in [-0.39, 0.29) is 6.04 Å². The monoisotopic (exact) mass is 268 g/mol. The van der Waals surface area contributed by atoms with Gasteiger partial charge >= 0.3 is 0 Å². The number of hydrogen-bond donors (Lipinski definition) is 1. The van der Waals surface area contributed by atoms with Crippen LogP contribution in [0.3, 0.4) is 0 Å². The van der Waals surface area contributed by atoms with Crippen LogP contribution in [-0.4, -0.2) is 37.7 Å². The summed E-state index contributed by atoms with van der Waals surface area (Å²) in [4.78, 5) is 3.94. The molecule has 1 aromatic heterocycles. The van der Waals surface area contributed by atoms with Crippen LogP contribution in [0.25, 0.3) is 0 Å². The van der Waals surface area contributed by atoms with Gasteiger partial charge in [-0.25, -0.2) is 0 Å². The minimum absolute atomic E-state index is 0.171. The SMILES string of the molecule is COCC1CCCN(C(c2cccs2)C(C)N)C1. The van der Waals surface area contributed by atoms with E-state index < -0.39 is 0 Å². The molecule has 2 rings (SSSR count). The average molecular weight is 268 g/mol. The van der Waals surface area contributed by atoms with Gasteiger partial charge in [0.05, 0.1) is 12.6 Å². The molecule has 0 saturated carbocycles. The lowest BCUT2D eigenvalue weighted by atomic mass is 9.95. The van der Waals surface area contributed by atoms with Gasteiger partial charge in [0.2, 0.25) is 0 Å². The first kappa shape index (κ1) is 14.0. The van der Waals surface area contributed by atoms with Gasteiger partial charge < -0.3 is 10.5 Å². The van der Waals surface area contributed by atoms with Crippen LogP contribution in [0.2, 0.25) is 0 Å². The molecule has 0 amide bonds. The molecule has 1 aromatic rings. The third-order valence-corrected chi connectivity index (χ3v) is 4.62. The molecule has 1 aliphatic heterocycles. The fraction of sp³-hybridized carbons (Fsp3) is 0.714. The van der Waals surface area contributed by atoms with Gasteiger partial charge in [0.1, 0.15) is 0 Å². The van der Waals surface area contributed by atoms with E-state index in [1.807, 2.05) is 11.3 Å². The van der Waals surface area contributed by atoms with Crippen LogP contribution in [0.4, 0.5) is 0 Å². The van der Waals surface area contributed by atoms with E-state index in [0.717, 1.165) is 19.7 Å². The summed E-state index contributed by atoms with van der Waals surface area (Å²) < 4.78 is 5.31. The fourth-order valence-electron chi connectivity index (χ4n) is 2.95. The van der Waals surface area contributed by atoms with E-state index in [4.69, 9.17) is 10.5 Å². The van der Waals surface area contributed by atoms with E-state index in [9.17, 15) is 0 Å². The summed E-state index contributed by atoms with van der Waals surface area (Å²) >= 11 is 1.81. The number of likely N-dealkylation sites (tertiary alicyclic amines) is 1. The lowest BCUT2D eigenvalue weighted by Gasteiger charge is -2.39. The van der Waals surface area contributed by atoms with Crippen molar-refractivity contribution in [1.82, 2.24) is 4.90 Å². The van der Waals surface area contributed by atoms with E-state index in [1.165, 1.54) is 17.7 Å². The van der Waals surface area contributed by atoms with Crippen molar-refractivity contribution < 1.29 is 4.74 Å². The third kappa shape index (κ3) is 3.32. The molecule has 0 radical (unpaired) electrons. The van der Waals surface area contributed by atoms with Crippen LogP contribution in [0.5, 0.6) is 0 Å². The van der Waals surface area contributed by atoms with Crippen molar-refractivity contribution in [3.8, 4) is 0 Å². The Balaban J connectivity index is 2.06. The Morgan fingerprint density at radius 3 is 3.06 bits per heavy atom. The predicted molar refractivity (Wildman–Crippen MR) is 76.9 cm³/mol. The minimum Gasteiger partial charge on any atom is -0.384 e. The molecule has 3 nitrogen and oxygen atoms in total. The van der Waals surface area contributed by atoms with Gasteiger partial charge in [-0.1, -0.05) is 6.07 Å². The van der Waals surface area contributed by atoms with Gasteiger partial charge in [-0.3, -0.25) is 4.90 Å². The number of nitrogens with zero attached hydrogens (tertiary/aromatic N) is 1. The lowest BCUT2D eigenvalue weighted by molar-refractivity contribution is 0.0628. The van der Waals surface area contributed by atoms with Crippen molar-refractivity contribution in [2.24, 2.45) is 11.7 Å². The van der Waals surface area contributed by atoms with Gasteiger partial charge in [-0.15, -0.1) is 11.3 Å². The highest BCUT2D eigenvalue weighted by Gasteiger charge is 2.29. The van der Waals surface area contributed by atoms with Crippen molar-refractivity contribution in [2.45, 2.75) is 31.8 Å². The average Bonchev–Trinajstić information content (AvgIpc) is 2.83. The van der Waals surface area contributed by atoms with Gasteiger partial charge in [0.25, 0.3) is 0 Å². The zero-order valence-electron chi connectivity index (χ0n) is 11.3. The molecule has 0 aromatic carbocycles. The van der Waals surface area contributed by atoms with Crippen LogP contribution in [-0.2, 0) is 4.74 Å². The maximum atomic E-state index is 6.21. The first-order valence-corrected chi connectivity index (χ1v) is 7.62. The summed E-state index contributed by atoms with van der Waals surface area (Å²) in [5.41, 5.74) is 6.21. The second-order valence-corrected chi connectivity index (χ2v) is 6.26. The van der Waals surface area contributed by atoms with Gasteiger partial charge in [0, 0.05) is 24.6 Å². The molecule has 2 heterocycles. The molecule has 1 aliphatic rings. The minimum atomic E-state index is 0.171. The zero-order valence-corrected chi connectivity index (χ0v) is 12.2. The molecule has 2 N–H and O–H groups in total. The highest BCUT2D eigenvalue weighted by atomic mass is 32.1. The number of ether oxygens (including phenoxy) is 1. The van der Waals surface area contributed by atoms with Gasteiger partial charge in [-0.05, 0) is 43.7 Å². The second kappa shape index (κ2) is 6.66. The van der Waals surface area contributed by atoms with Gasteiger partial charge in [0.15, 0.2) is 0 Å². The second-order valence-electron chi connectivity index (χ2n) is 5.28. The molecular formula is C14H24N2OS. The summed E-state index contributed by atoms with van der Waals surface area (Å²) in [6.07, 6.45) is 2.53. The van der Waals surface area contributed by atoms with E-state index >= 15 is 0 Å². The molecule has 0 bridgehead atoms. The van der Waals surface area contributed by atoms with Crippen LogP contribution < -0.4 is 5.73 Å². The van der Waals surface area contributed by atoms with Crippen molar-refractivity contribution in [1.29, 1.82) is 0 Å². The summed E-state index contributed by atoms with van der Waals surface area (Å²) in [7, 11) is 1.79. The highest BCUT2D eigenvalue weighted by molar-refractivity contribution is 7.10. The quantitative estimate of drug-likeness (QED) is 0.891. The normalized spacial score (nSPS) is 24.9. The Hall–Kier alpha value is -0.420. The molecule has 4 heteroatoms. The Bertz CT molecular complexity index is 338. The molecule has 3 unspecified atom stereocenters. The fourth-order valence-corrected chi connectivity index (χ4v) is 3.93. The maximum Gasteiger partial charge on any atom is 0.0590 e. The molecule has 0 aliphatic carbocycles. The Labute approximate surface area is 114 Å². The summed E-state index contributed by atoms with van der Waals surface area (Å²) in [5, 5.41) is 2.14. The summed E-state index contributed by atoms with van der Waals surface area (Å²) in [5.74, 6) is 0.657. The molecule has 1 fully saturated rings. The number of hydrogen-bond acceptors (Lipinski definition) is 4. The molecule has 18 heavy (non-hydrogen) atoms. The molecular weight excluding hydrogens is 244 g/mol. The van der Waals surface area contributed by atoms with Crippen LogP contribution in [0.15, 0.2) is 17.5 Å². The largest absolute Gasteiger partial charge is 0.384 e. The first-order chi connectivity index (χ1) is 8.72. The predicted octanol–water partition coefficient (Wildman–Crippen LogP) is 2.49. The van der Waals surface area contributed by atoms with E-state index in [1.54, 1.807) is 7.11 Å². The summed E-state index contributed by atoms with van der Waals surface area (Å²) in [6, 6.07) is 4.86. The van der Waals surface area contributed by atoms with Crippen LogP contribution in [0.1, 0.15) is 30.7 Å². The lowest BCUT2D eigenvalue weighted by Crippen LogP contribution is -2.45. The van der Waals surface area contributed by atoms with Crippen LogP contribution >= 0.6 is 11.3 Å². The van der Waals surface area contributed by atoms with Crippen molar-refractivity contribution in [2.75, 3.05) is 26.8 Å². The molecule has 0 spiro atoms. The first-order valence-electron chi connectivity index (χ1n) is 6.74. The number of rotatable bonds is 5. The Morgan fingerprint density at radius 1 is 1.61 bits per heavy atom. The van der Waals surface area contributed by atoms with E-state index in [2.05, 4.69) is 29.3 Å². The zero-order chi connectivity index (χ0) is 13.0. The van der Waals surface area contributed by atoms with Gasteiger partial charge in [-0.2, -0.15) is 0 Å². The summed E-state index contributed by atoms with van der Waals surface area (Å²) in [6.45, 7) is 5.25.